The molecular formula is C12H11NO5S. The van der Waals surface area contributed by atoms with E-state index in [1.807, 2.05) is 0 Å². The molecule has 0 saturated heterocycles. The van der Waals surface area contributed by atoms with Crippen LogP contribution in [0.5, 0.6) is 0 Å². The van der Waals surface area contributed by atoms with Crippen LogP contribution in [0.25, 0.3) is 0 Å². The highest BCUT2D eigenvalue weighted by atomic mass is 32.2. The first-order chi connectivity index (χ1) is 8.90. The highest BCUT2D eigenvalue weighted by molar-refractivity contribution is 7.86. The minimum Gasteiger partial charge on any atom is -0.480 e. The quantitative estimate of drug-likeness (QED) is 0.811. The van der Waals surface area contributed by atoms with Gasteiger partial charge in [0.2, 0.25) is 5.91 Å². The summed E-state index contributed by atoms with van der Waals surface area (Å²) >= 11 is 0. The third-order valence-electron chi connectivity index (χ3n) is 2.75. The van der Waals surface area contributed by atoms with Crippen LogP contribution in [-0.4, -0.2) is 39.3 Å². The van der Waals surface area contributed by atoms with Gasteiger partial charge in [0.05, 0.1) is 21.4 Å². The first-order valence-electron chi connectivity index (χ1n) is 5.45. The summed E-state index contributed by atoms with van der Waals surface area (Å²) in [7, 11) is -1.54. The van der Waals surface area contributed by atoms with Gasteiger partial charge in [0.15, 0.2) is 5.78 Å². The molecule has 0 aliphatic carbocycles. The van der Waals surface area contributed by atoms with Crippen molar-refractivity contribution in [2.45, 2.75) is 11.8 Å². The molecule has 1 aliphatic rings. The maximum Gasteiger partial charge on any atom is 0.323 e. The lowest BCUT2D eigenvalue weighted by molar-refractivity contribution is -0.136. The number of carbonyl (C=O) groups is 3. The lowest BCUT2D eigenvalue weighted by Crippen LogP contribution is -2.42. The van der Waals surface area contributed by atoms with Crippen molar-refractivity contribution in [1.82, 2.24) is 0 Å². The third-order valence-corrected chi connectivity index (χ3v) is 4.08. The zero-order chi connectivity index (χ0) is 14.2. The molecule has 7 heteroatoms. The van der Waals surface area contributed by atoms with Gasteiger partial charge in [-0.2, -0.15) is 0 Å². The second-order valence-corrected chi connectivity index (χ2v) is 5.52. The smallest absolute Gasteiger partial charge is 0.323 e. The average Bonchev–Trinajstić information content (AvgIpc) is 2.33. The van der Waals surface area contributed by atoms with Gasteiger partial charge < -0.3 is 5.11 Å². The summed E-state index contributed by atoms with van der Waals surface area (Å²) in [6.45, 7) is 0.899. The molecule has 0 spiro atoms. The lowest BCUT2D eigenvalue weighted by atomic mass is 10.1. The number of benzene rings is 1. The van der Waals surface area contributed by atoms with E-state index < -0.39 is 29.2 Å². The minimum atomic E-state index is -1.54. The fraction of sp³-hybridized carbons (Fsp3) is 0.250. The van der Waals surface area contributed by atoms with Crippen molar-refractivity contribution >= 4 is 34.1 Å². The molecule has 0 saturated carbocycles. The number of carboxylic acid groups (broad SMARTS) is 1. The van der Waals surface area contributed by atoms with Crippen LogP contribution in [0, 0.1) is 0 Å². The van der Waals surface area contributed by atoms with Crippen molar-refractivity contribution in [1.29, 1.82) is 0 Å². The molecule has 0 aromatic heterocycles. The minimum absolute atomic E-state index is 0.179. The Morgan fingerprint density at radius 1 is 1.42 bits per heavy atom. The van der Waals surface area contributed by atoms with Gasteiger partial charge in [-0.1, -0.05) is 0 Å². The first kappa shape index (κ1) is 13.4. The van der Waals surface area contributed by atoms with Crippen LogP contribution < -0.4 is 4.90 Å². The van der Waals surface area contributed by atoms with Gasteiger partial charge >= 0.3 is 5.97 Å². The van der Waals surface area contributed by atoms with Crippen LogP contribution in [0.1, 0.15) is 17.3 Å². The second-order valence-electron chi connectivity index (χ2n) is 4.10. The molecule has 1 aliphatic heterocycles. The van der Waals surface area contributed by atoms with Gasteiger partial charge in [0.25, 0.3) is 0 Å². The van der Waals surface area contributed by atoms with Gasteiger partial charge in [0.1, 0.15) is 12.3 Å². The van der Waals surface area contributed by atoms with Crippen LogP contribution >= 0.6 is 0 Å². The summed E-state index contributed by atoms with van der Waals surface area (Å²) < 4.78 is 11.9. The number of carbonyl (C=O) groups excluding carboxylic acids is 2. The zero-order valence-electron chi connectivity index (χ0n) is 10.1. The fourth-order valence-corrected chi connectivity index (χ4v) is 3.05. The van der Waals surface area contributed by atoms with E-state index in [4.69, 9.17) is 5.11 Å². The van der Waals surface area contributed by atoms with Crippen molar-refractivity contribution in [3.63, 3.8) is 0 Å². The molecule has 0 radical (unpaired) electrons. The molecule has 1 aromatic carbocycles. The number of hydrogen-bond donors (Lipinski definition) is 1. The van der Waals surface area contributed by atoms with E-state index in [2.05, 4.69) is 0 Å². The van der Waals surface area contributed by atoms with Gasteiger partial charge in [0, 0.05) is 5.56 Å². The number of Topliss-reactive ketones (excluding diaryl/α,β-unsaturated/α-hetero) is 1. The van der Waals surface area contributed by atoms with Crippen LogP contribution in [0.3, 0.4) is 0 Å². The summed E-state index contributed by atoms with van der Waals surface area (Å²) in [4.78, 5) is 35.2. The number of hydrogen-bond acceptors (Lipinski definition) is 4. The Balaban J connectivity index is 2.52. The largest absolute Gasteiger partial charge is 0.480 e. The van der Waals surface area contributed by atoms with Gasteiger partial charge in [-0.05, 0) is 25.1 Å². The summed E-state index contributed by atoms with van der Waals surface area (Å²) in [5.74, 6) is -2.09. The molecule has 2 rings (SSSR count). The number of anilines is 1. The van der Waals surface area contributed by atoms with E-state index in [1.165, 1.54) is 25.1 Å². The third kappa shape index (κ3) is 2.55. The van der Waals surface area contributed by atoms with Crippen LogP contribution in [0.15, 0.2) is 23.1 Å². The molecule has 0 bridgehead atoms. The standard InChI is InChI=1S/C12H11NO5S/c1-7(14)8-2-3-9-10(4-8)19(18)6-11(15)13(9)5-12(16)17/h2-4H,5-6H2,1H3,(H,16,17). The molecule has 100 valence electrons. The maximum atomic E-state index is 11.9. The van der Waals surface area contributed by atoms with Crippen molar-refractivity contribution in [3.05, 3.63) is 23.8 Å². The van der Waals surface area contributed by atoms with Crippen molar-refractivity contribution < 1.29 is 23.7 Å². The predicted molar refractivity (Wildman–Crippen MR) is 67.7 cm³/mol. The molecule has 1 atom stereocenters. The lowest BCUT2D eigenvalue weighted by Gasteiger charge is -2.27. The van der Waals surface area contributed by atoms with E-state index in [1.54, 1.807) is 0 Å². The predicted octanol–water partition coefficient (Wildman–Crippen LogP) is 0.428. The summed E-state index contributed by atoms with van der Waals surface area (Å²) in [5.41, 5.74) is 0.679. The van der Waals surface area contributed by atoms with E-state index in [9.17, 15) is 18.6 Å². The first-order valence-corrected chi connectivity index (χ1v) is 6.77. The molecular weight excluding hydrogens is 270 g/mol. The Hall–Kier alpha value is -2.02. The van der Waals surface area contributed by atoms with Crippen molar-refractivity contribution in [3.8, 4) is 0 Å². The molecule has 6 nitrogen and oxygen atoms in total. The molecule has 1 N–H and O–H groups in total. The van der Waals surface area contributed by atoms with Crippen molar-refractivity contribution in [2.24, 2.45) is 0 Å². The Morgan fingerprint density at radius 3 is 2.68 bits per heavy atom. The van der Waals surface area contributed by atoms with Gasteiger partial charge in [-0.3, -0.25) is 23.5 Å². The van der Waals surface area contributed by atoms with E-state index in [-0.39, 0.29) is 11.5 Å². The summed E-state index contributed by atoms with van der Waals surface area (Å²) in [5, 5.41) is 8.79. The monoisotopic (exact) mass is 281 g/mol. The van der Waals surface area contributed by atoms with Crippen LogP contribution in [0.2, 0.25) is 0 Å². The fourth-order valence-electron chi connectivity index (χ4n) is 1.85. The summed E-state index contributed by atoms with van der Waals surface area (Å²) in [6.07, 6.45) is 0. The van der Waals surface area contributed by atoms with Crippen LogP contribution in [0.4, 0.5) is 5.69 Å². The number of ketones is 1. The number of amides is 1. The van der Waals surface area contributed by atoms with E-state index in [0.29, 0.717) is 16.1 Å². The molecule has 1 unspecified atom stereocenters. The number of aliphatic carboxylic acids is 1. The molecule has 19 heavy (non-hydrogen) atoms. The van der Waals surface area contributed by atoms with Crippen molar-refractivity contribution in [2.75, 3.05) is 17.2 Å². The SMILES string of the molecule is CC(=O)c1ccc2c(c1)S(=O)CC(=O)N2CC(=O)O. The Bertz CT molecular complexity index is 610. The molecule has 0 fully saturated rings. The van der Waals surface area contributed by atoms with Gasteiger partial charge in [-0.25, -0.2) is 0 Å². The maximum absolute atomic E-state index is 11.9. The number of rotatable bonds is 3. The molecule has 1 heterocycles. The number of carboxylic acids is 1. The molecule has 1 amide bonds. The zero-order valence-corrected chi connectivity index (χ0v) is 10.9. The van der Waals surface area contributed by atoms with E-state index in [0.717, 1.165) is 4.90 Å². The van der Waals surface area contributed by atoms with Gasteiger partial charge in [-0.15, -0.1) is 0 Å². The summed E-state index contributed by atoms with van der Waals surface area (Å²) in [6, 6.07) is 4.41. The Labute approximate surface area is 111 Å². The highest BCUT2D eigenvalue weighted by Gasteiger charge is 2.30. The van der Waals surface area contributed by atoms with Crippen LogP contribution in [-0.2, 0) is 20.4 Å². The number of nitrogens with zero attached hydrogens (tertiary/aromatic N) is 1. The topological polar surface area (TPSA) is 91.8 Å². The normalized spacial score (nSPS) is 18.1. The second kappa shape index (κ2) is 4.93. The number of fused-ring (bicyclic) bond motifs is 1. The Kier molecular flexibility index (Phi) is 3.48. The highest BCUT2D eigenvalue weighted by Crippen LogP contribution is 2.29. The molecule has 1 aromatic rings. The average molecular weight is 281 g/mol. The Morgan fingerprint density at radius 2 is 2.11 bits per heavy atom. The van der Waals surface area contributed by atoms with E-state index >= 15 is 0 Å².